The first kappa shape index (κ1) is 11.0. The molecule has 0 aliphatic rings. The molecule has 1 unspecified atom stereocenters. The fraction of sp³-hybridized carbons (Fsp3) is 0.208. The van der Waals surface area contributed by atoms with E-state index < -0.39 is 19.1 Å². The molecular weight excluding hydrogens is 316 g/mol. The van der Waals surface area contributed by atoms with E-state index in [0.717, 1.165) is 5.56 Å². The quantitative estimate of drug-likeness (QED) is 0.419. The average Bonchev–Trinajstić information content (AvgIpc) is 3.11. The predicted octanol–water partition coefficient (Wildman–Crippen LogP) is 6.38. The van der Waals surface area contributed by atoms with Gasteiger partial charge in [0, 0.05) is 13.8 Å². The molecule has 130 valence electrons. The topological polar surface area (TPSA) is 17.8 Å². The summed E-state index contributed by atoms with van der Waals surface area (Å²) < 4.78 is 51.7. The van der Waals surface area contributed by atoms with Gasteiger partial charge in [0.2, 0.25) is 0 Å². The van der Waals surface area contributed by atoms with E-state index in [1.807, 2.05) is 54.6 Å². The summed E-state index contributed by atoms with van der Waals surface area (Å²) in [6, 6.07) is 21.8. The molecule has 0 aliphatic heterocycles. The number of nitrogens with zero attached hydrogens (tertiary/aromatic N) is 2. The molecule has 2 heteroatoms. The van der Waals surface area contributed by atoms with Crippen LogP contribution in [0.3, 0.4) is 0 Å². The Balaban J connectivity index is 2.20. The SMILES string of the molecule is [2H]C([2H])(C)c1cccc(C([2H])(C)C([2H])([2H])[2H])c1-n1c(-c2ccccc2)nc2ccccc21. The van der Waals surface area contributed by atoms with Crippen molar-refractivity contribution in [1.29, 1.82) is 0 Å². The molecule has 0 saturated carbocycles. The second-order valence-electron chi connectivity index (χ2n) is 6.20. The summed E-state index contributed by atoms with van der Waals surface area (Å²) in [5, 5.41) is 0. The van der Waals surface area contributed by atoms with Gasteiger partial charge in [-0.3, -0.25) is 4.57 Å². The number of imidazole rings is 1. The maximum Gasteiger partial charge on any atom is 0.145 e. The van der Waals surface area contributed by atoms with Crippen molar-refractivity contribution in [1.82, 2.24) is 9.55 Å². The molecule has 1 aromatic heterocycles. The second kappa shape index (κ2) is 6.80. The van der Waals surface area contributed by atoms with Crippen molar-refractivity contribution < 1.29 is 8.22 Å². The van der Waals surface area contributed by atoms with E-state index in [4.69, 9.17) is 13.2 Å². The predicted molar refractivity (Wildman–Crippen MR) is 110 cm³/mol. The van der Waals surface area contributed by atoms with Crippen molar-refractivity contribution in [3.63, 3.8) is 0 Å². The maximum absolute atomic E-state index is 8.83. The maximum atomic E-state index is 8.83. The molecule has 0 fully saturated rings. The Kier molecular flexibility index (Phi) is 2.87. The summed E-state index contributed by atoms with van der Waals surface area (Å²) in [6.07, 6.45) is -1.78. The molecule has 0 bridgehead atoms. The summed E-state index contributed by atoms with van der Waals surface area (Å²) >= 11 is 0. The smallest absolute Gasteiger partial charge is 0.145 e. The highest BCUT2D eigenvalue weighted by Crippen LogP contribution is 2.34. The monoisotopic (exact) mass is 346 g/mol. The minimum Gasteiger partial charge on any atom is -0.292 e. The highest BCUT2D eigenvalue weighted by Gasteiger charge is 2.19. The number of fused-ring (bicyclic) bond motifs is 1. The molecule has 4 rings (SSSR count). The number of benzene rings is 3. The normalized spacial score (nSPS) is 18.1. The Morgan fingerprint density at radius 2 is 1.81 bits per heavy atom. The van der Waals surface area contributed by atoms with E-state index in [9.17, 15) is 0 Å². The fourth-order valence-corrected chi connectivity index (χ4v) is 3.32. The minimum atomic E-state index is -2.62. The zero-order chi connectivity index (χ0) is 23.3. The molecule has 0 amide bonds. The van der Waals surface area contributed by atoms with Crippen LogP contribution in [0.4, 0.5) is 0 Å². The van der Waals surface area contributed by atoms with Gasteiger partial charge in [-0.2, -0.15) is 0 Å². The van der Waals surface area contributed by atoms with Gasteiger partial charge in [-0.1, -0.05) is 81.4 Å². The van der Waals surface area contributed by atoms with Crippen LogP contribution < -0.4 is 0 Å². The minimum absolute atomic E-state index is 0.223. The van der Waals surface area contributed by atoms with Gasteiger partial charge in [0.15, 0.2) is 0 Å². The van der Waals surface area contributed by atoms with Gasteiger partial charge in [0.05, 0.1) is 16.7 Å². The van der Waals surface area contributed by atoms with E-state index in [2.05, 4.69) is 0 Å². The summed E-state index contributed by atoms with van der Waals surface area (Å²) in [5.41, 5.74) is 3.09. The summed E-state index contributed by atoms with van der Waals surface area (Å²) in [7, 11) is 0. The van der Waals surface area contributed by atoms with Gasteiger partial charge in [-0.15, -0.1) is 0 Å². The van der Waals surface area contributed by atoms with Gasteiger partial charge in [-0.25, -0.2) is 4.98 Å². The molecule has 2 nitrogen and oxygen atoms in total. The van der Waals surface area contributed by atoms with Crippen LogP contribution in [0, 0.1) is 0 Å². The van der Waals surface area contributed by atoms with Crippen LogP contribution in [0.1, 0.15) is 45.9 Å². The lowest BCUT2D eigenvalue weighted by molar-refractivity contribution is 0.843. The average molecular weight is 347 g/mol. The molecule has 3 aromatic carbocycles. The molecule has 1 heterocycles. The van der Waals surface area contributed by atoms with Gasteiger partial charge < -0.3 is 0 Å². The second-order valence-corrected chi connectivity index (χ2v) is 6.20. The first-order chi connectivity index (χ1) is 14.9. The molecule has 0 saturated heterocycles. The molecule has 0 spiro atoms. The fourth-order valence-electron chi connectivity index (χ4n) is 3.32. The molecule has 26 heavy (non-hydrogen) atoms. The lowest BCUT2D eigenvalue weighted by Gasteiger charge is -2.20. The number of hydrogen-bond donors (Lipinski definition) is 0. The van der Waals surface area contributed by atoms with Gasteiger partial charge in [-0.05, 0) is 35.5 Å². The van der Waals surface area contributed by atoms with Crippen LogP contribution >= 0.6 is 0 Å². The summed E-state index contributed by atoms with van der Waals surface area (Å²) in [4.78, 5) is 4.81. The van der Waals surface area contributed by atoms with E-state index in [1.165, 1.54) is 13.8 Å². The molecule has 0 aliphatic carbocycles. The largest absolute Gasteiger partial charge is 0.292 e. The number of aromatic nitrogens is 2. The first-order valence-corrected chi connectivity index (χ1v) is 8.60. The van der Waals surface area contributed by atoms with Crippen LogP contribution in [0.5, 0.6) is 0 Å². The van der Waals surface area contributed by atoms with E-state index in [1.54, 1.807) is 22.8 Å². The Morgan fingerprint density at radius 3 is 2.58 bits per heavy atom. The van der Waals surface area contributed by atoms with Crippen molar-refractivity contribution in [2.24, 2.45) is 0 Å². The first-order valence-electron chi connectivity index (χ1n) is 11.6. The lowest BCUT2D eigenvalue weighted by atomic mass is 9.96. The zero-order valence-electron chi connectivity index (χ0n) is 20.8. The van der Waals surface area contributed by atoms with Gasteiger partial charge in [0.25, 0.3) is 0 Å². The molecule has 1 atom stereocenters. The van der Waals surface area contributed by atoms with E-state index >= 15 is 0 Å². The van der Waals surface area contributed by atoms with Crippen molar-refractivity contribution >= 4 is 11.0 Å². The third kappa shape index (κ3) is 2.72. The molecule has 0 N–H and O–H groups in total. The Bertz CT molecular complexity index is 1270. The number of aryl methyl sites for hydroxylation is 1. The standard InChI is InChI=1S/C24H24N2/c1-4-18-13-10-14-20(17(2)3)23(18)26-22-16-9-8-15-21(22)25-24(26)19-11-6-5-7-12-19/h5-17H,4H2,1-3H3/i2D3,4D2,17D. The number of hydrogen-bond acceptors (Lipinski definition) is 1. The zero-order valence-corrected chi connectivity index (χ0v) is 14.8. The Morgan fingerprint density at radius 1 is 1.04 bits per heavy atom. The van der Waals surface area contributed by atoms with Crippen LogP contribution in [-0.4, -0.2) is 9.55 Å². The highest BCUT2D eigenvalue weighted by atomic mass is 15.1. The third-order valence-corrected chi connectivity index (χ3v) is 4.53. The van der Waals surface area contributed by atoms with E-state index in [-0.39, 0.29) is 5.56 Å². The lowest BCUT2D eigenvalue weighted by Crippen LogP contribution is -2.07. The van der Waals surface area contributed by atoms with Crippen molar-refractivity contribution in [2.45, 2.75) is 33.0 Å². The van der Waals surface area contributed by atoms with Gasteiger partial charge >= 0.3 is 0 Å². The highest BCUT2D eigenvalue weighted by molar-refractivity contribution is 5.84. The van der Waals surface area contributed by atoms with E-state index in [0.29, 0.717) is 28.1 Å². The van der Waals surface area contributed by atoms with Crippen LogP contribution in [0.2, 0.25) is 0 Å². The number of para-hydroxylation sites is 3. The summed E-state index contributed by atoms with van der Waals surface area (Å²) in [5.74, 6) is -1.41. The summed E-state index contributed by atoms with van der Waals surface area (Å²) in [6.45, 7) is 0.173. The van der Waals surface area contributed by atoms with Crippen LogP contribution in [-0.2, 0) is 6.37 Å². The Hall–Kier alpha value is -2.87. The van der Waals surface area contributed by atoms with Crippen LogP contribution in [0.15, 0.2) is 72.8 Å². The van der Waals surface area contributed by atoms with Crippen molar-refractivity contribution in [2.75, 3.05) is 0 Å². The Labute approximate surface area is 163 Å². The van der Waals surface area contributed by atoms with Crippen molar-refractivity contribution in [3.8, 4) is 17.1 Å². The van der Waals surface area contributed by atoms with Crippen molar-refractivity contribution in [3.05, 3.63) is 83.9 Å². The van der Waals surface area contributed by atoms with Gasteiger partial charge in [0.1, 0.15) is 5.82 Å². The third-order valence-electron chi connectivity index (χ3n) is 4.53. The molecule has 0 radical (unpaired) electrons. The van der Waals surface area contributed by atoms with Crippen LogP contribution in [0.25, 0.3) is 28.1 Å². The number of rotatable bonds is 4. The molecule has 4 aromatic rings. The molecular formula is C24H24N2.